The number of benzene rings is 2. The van der Waals surface area contributed by atoms with Gasteiger partial charge in [0.25, 0.3) is 0 Å². The minimum absolute atomic E-state index is 0.0211. The van der Waals surface area contributed by atoms with Gasteiger partial charge in [-0.2, -0.15) is 0 Å². The number of carbonyl (C=O) groups excluding carboxylic acids is 8. The molecule has 0 heterocycles. The van der Waals surface area contributed by atoms with Crippen LogP contribution in [0.2, 0.25) is 0 Å². The number of carboxylic acids is 2. The first kappa shape index (κ1) is 71.7. The molecule has 2 rings (SSSR count). The molecule has 10 atom stereocenters. The fourth-order valence-corrected chi connectivity index (χ4v) is 8.71. The third-order valence-corrected chi connectivity index (χ3v) is 13.4. The molecular formula is C57H91N15O12. The molecule has 27 nitrogen and oxygen atoms in total. The third kappa shape index (κ3) is 27.1. The molecule has 0 bridgehead atoms. The van der Waals surface area contributed by atoms with Crippen LogP contribution in [0.5, 0.6) is 0 Å². The maximum Gasteiger partial charge on any atom is 0.326 e. The van der Waals surface area contributed by atoms with E-state index in [0.717, 1.165) is 5.56 Å². The Kier molecular flexibility index (Phi) is 31.6. The molecule has 20 N–H and O–H groups in total. The summed E-state index contributed by atoms with van der Waals surface area (Å²) in [5, 5.41) is 40.7. The van der Waals surface area contributed by atoms with Gasteiger partial charge in [0.05, 0.1) is 12.5 Å². The van der Waals surface area contributed by atoms with Crippen molar-refractivity contribution in [2.45, 2.75) is 174 Å². The largest absolute Gasteiger partial charge is 0.481 e. The normalized spacial score (nSPS) is 14.7. The number of carboxylic acid groups (broad SMARTS) is 2. The van der Waals surface area contributed by atoms with Crippen molar-refractivity contribution in [1.29, 1.82) is 0 Å². The van der Waals surface area contributed by atoms with Crippen LogP contribution >= 0.6 is 0 Å². The minimum Gasteiger partial charge on any atom is -0.481 e. The van der Waals surface area contributed by atoms with Gasteiger partial charge in [0.1, 0.15) is 48.3 Å². The second-order valence-electron chi connectivity index (χ2n) is 22.0. The standard InChI is InChI=1S/C57H91N15O12/c1-9-34(8)46(54(82)70-42(29-36-20-14-11-15-21-36)53(81)71-45(33(6)7)55(83)84)72-49(77)39(23-17-25-64-57(61)62)66-52(80)43(30-44(73)74)69-48(76)38(22-16-24-63-56(59)60)65-50(78)41(27-32(4)5)68-51(79)40(26-31(2)3)67-47(75)37(58)28-35-18-12-10-13-19-35/h10-15,18-21,31-34,37-43,45-46H,9,16-17,22-30,58H2,1-8H3,(H,65,78)(H,66,80)(H,67,75)(H,68,79)(H,69,76)(H,70,82)(H,71,81)(H,72,77)(H,73,74)(H,83,84)(H4,59,60,63)(H4,61,62,64)/t34-,37-,38-,39-,40-,41-,42-,43-,45-,46-/m0/s1. The van der Waals surface area contributed by atoms with Crippen molar-refractivity contribution in [3.8, 4) is 0 Å². The van der Waals surface area contributed by atoms with Crippen molar-refractivity contribution < 1.29 is 58.2 Å². The van der Waals surface area contributed by atoms with E-state index in [1.807, 2.05) is 32.0 Å². The lowest BCUT2D eigenvalue weighted by Gasteiger charge is -2.30. The fourth-order valence-electron chi connectivity index (χ4n) is 8.71. The zero-order chi connectivity index (χ0) is 63.2. The van der Waals surface area contributed by atoms with Crippen LogP contribution in [0.4, 0.5) is 0 Å². The van der Waals surface area contributed by atoms with Gasteiger partial charge in [0, 0.05) is 19.5 Å². The van der Waals surface area contributed by atoms with Crippen molar-refractivity contribution in [1.82, 2.24) is 42.5 Å². The van der Waals surface area contributed by atoms with Crippen LogP contribution in [0.1, 0.15) is 118 Å². The lowest BCUT2D eigenvalue weighted by Crippen LogP contribution is -2.61. The lowest BCUT2D eigenvalue weighted by atomic mass is 9.96. The van der Waals surface area contributed by atoms with E-state index in [1.165, 1.54) is 0 Å². The molecule has 0 unspecified atom stereocenters. The van der Waals surface area contributed by atoms with Gasteiger partial charge in [0.15, 0.2) is 11.9 Å². The summed E-state index contributed by atoms with van der Waals surface area (Å²) in [5.74, 6) is -11.7. The highest BCUT2D eigenvalue weighted by Gasteiger charge is 2.37. The van der Waals surface area contributed by atoms with Crippen molar-refractivity contribution in [3.63, 3.8) is 0 Å². The maximum absolute atomic E-state index is 14.4. The smallest absolute Gasteiger partial charge is 0.326 e. The molecule has 0 saturated carbocycles. The quantitative estimate of drug-likeness (QED) is 0.0221. The fraction of sp³-hybridized carbons (Fsp3) is 0.579. The number of guanidine groups is 2. The number of carbonyl (C=O) groups is 10. The van der Waals surface area contributed by atoms with Crippen molar-refractivity contribution in [2.75, 3.05) is 13.1 Å². The second-order valence-corrected chi connectivity index (χ2v) is 22.0. The number of amides is 8. The second kappa shape index (κ2) is 37.0. The molecule has 466 valence electrons. The van der Waals surface area contributed by atoms with Crippen LogP contribution in [0, 0.1) is 23.7 Å². The molecule has 84 heavy (non-hydrogen) atoms. The number of rotatable bonds is 38. The number of hydrogen-bond acceptors (Lipinski definition) is 13. The Labute approximate surface area is 491 Å². The van der Waals surface area contributed by atoms with Crippen LogP contribution in [0.15, 0.2) is 70.6 Å². The summed E-state index contributed by atoms with van der Waals surface area (Å²) in [5.41, 5.74) is 29.8. The summed E-state index contributed by atoms with van der Waals surface area (Å²) in [6.07, 6.45) is -0.608. The molecule has 0 spiro atoms. The first-order valence-electron chi connectivity index (χ1n) is 28.3. The lowest BCUT2D eigenvalue weighted by molar-refractivity contribution is -0.143. The van der Waals surface area contributed by atoms with Gasteiger partial charge in [-0.3, -0.25) is 53.1 Å². The summed E-state index contributed by atoms with van der Waals surface area (Å²) in [6, 6.07) is 5.34. The molecule has 0 aliphatic carbocycles. The summed E-state index contributed by atoms with van der Waals surface area (Å²) >= 11 is 0. The number of aliphatic carboxylic acids is 2. The summed E-state index contributed by atoms with van der Waals surface area (Å²) in [4.78, 5) is 145. The Balaban J connectivity index is 2.53. The number of nitrogens with zero attached hydrogens (tertiary/aromatic N) is 2. The van der Waals surface area contributed by atoms with Gasteiger partial charge >= 0.3 is 11.9 Å². The van der Waals surface area contributed by atoms with E-state index in [0.29, 0.717) is 12.0 Å². The van der Waals surface area contributed by atoms with E-state index in [-0.39, 0.29) is 88.2 Å². The molecule has 0 radical (unpaired) electrons. The molecule has 0 aromatic heterocycles. The van der Waals surface area contributed by atoms with Gasteiger partial charge < -0.3 is 81.4 Å². The van der Waals surface area contributed by atoms with Gasteiger partial charge in [-0.05, 0) is 79.7 Å². The number of aliphatic imine (C=N–C) groups is 2. The van der Waals surface area contributed by atoms with Crippen LogP contribution < -0.4 is 71.2 Å². The van der Waals surface area contributed by atoms with Crippen molar-refractivity contribution in [2.24, 2.45) is 62.3 Å². The molecular weight excluding hydrogens is 1090 g/mol. The predicted octanol–water partition coefficient (Wildman–Crippen LogP) is -0.862. The highest BCUT2D eigenvalue weighted by Crippen LogP contribution is 2.15. The Morgan fingerprint density at radius 3 is 1.25 bits per heavy atom. The SMILES string of the molecule is CC[C@H](C)[C@H](NC(=O)[C@H](CCCN=C(N)N)NC(=O)[C@H](CC(=O)O)NC(=O)[C@H](CCCN=C(N)N)NC(=O)[C@H](CC(C)C)NC(=O)[C@H](CC(C)C)NC(=O)[C@@H](N)Cc1ccccc1)C(=O)N[C@@H](Cc1ccccc1)C(=O)N[C@H](C(=O)O)C(C)C. The van der Waals surface area contributed by atoms with Gasteiger partial charge in [-0.15, -0.1) is 0 Å². The van der Waals surface area contributed by atoms with Crippen LogP contribution in [0.25, 0.3) is 0 Å². The average molecular weight is 1180 g/mol. The van der Waals surface area contributed by atoms with E-state index in [2.05, 4.69) is 52.5 Å². The maximum atomic E-state index is 14.4. The van der Waals surface area contributed by atoms with E-state index >= 15 is 0 Å². The molecule has 2 aromatic carbocycles. The molecule has 0 saturated heterocycles. The minimum atomic E-state index is -1.90. The van der Waals surface area contributed by atoms with E-state index in [1.54, 1.807) is 84.0 Å². The van der Waals surface area contributed by atoms with Crippen molar-refractivity contribution in [3.05, 3.63) is 71.8 Å². The summed E-state index contributed by atoms with van der Waals surface area (Å²) < 4.78 is 0. The first-order chi connectivity index (χ1) is 39.5. The molecule has 27 heteroatoms. The molecule has 2 aromatic rings. The first-order valence-corrected chi connectivity index (χ1v) is 28.3. The van der Waals surface area contributed by atoms with Crippen molar-refractivity contribution >= 4 is 71.1 Å². The van der Waals surface area contributed by atoms with E-state index < -0.39 is 132 Å². The third-order valence-electron chi connectivity index (χ3n) is 13.4. The molecule has 8 amide bonds. The van der Waals surface area contributed by atoms with E-state index in [9.17, 15) is 58.2 Å². The van der Waals surface area contributed by atoms with Crippen LogP contribution in [-0.2, 0) is 60.8 Å². The Morgan fingerprint density at radius 1 is 0.464 bits per heavy atom. The van der Waals surface area contributed by atoms with Gasteiger partial charge in [-0.25, -0.2) is 4.79 Å². The van der Waals surface area contributed by atoms with Crippen LogP contribution in [-0.4, -0.2) is 149 Å². The van der Waals surface area contributed by atoms with Gasteiger partial charge in [0.2, 0.25) is 47.3 Å². The highest BCUT2D eigenvalue weighted by atomic mass is 16.4. The van der Waals surface area contributed by atoms with Crippen LogP contribution in [0.3, 0.4) is 0 Å². The topological polar surface area (TPSA) is 462 Å². The Bertz CT molecular complexity index is 2540. The number of nitrogens with one attached hydrogen (secondary N) is 8. The summed E-state index contributed by atoms with van der Waals surface area (Å²) in [7, 11) is 0. The Morgan fingerprint density at radius 2 is 0.833 bits per heavy atom. The molecule has 0 aliphatic rings. The number of hydrogen-bond donors (Lipinski definition) is 15. The Hall–Kier alpha value is -8.36. The zero-order valence-corrected chi connectivity index (χ0v) is 49.5. The number of nitrogens with two attached hydrogens (primary N) is 5. The highest BCUT2D eigenvalue weighted by molar-refractivity contribution is 5.99. The molecule has 0 fully saturated rings. The summed E-state index contributed by atoms with van der Waals surface area (Å²) in [6.45, 7) is 13.8. The van der Waals surface area contributed by atoms with Gasteiger partial charge in [-0.1, -0.05) is 122 Å². The average Bonchev–Trinajstić information content (AvgIpc) is 3.50. The monoisotopic (exact) mass is 1180 g/mol. The molecule has 0 aliphatic heterocycles. The zero-order valence-electron chi connectivity index (χ0n) is 49.5. The predicted molar refractivity (Wildman–Crippen MR) is 317 cm³/mol. The van der Waals surface area contributed by atoms with E-state index in [4.69, 9.17) is 28.7 Å².